The molecule has 1 aromatic heterocycles. The Hall–Kier alpha value is -2.46. The van der Waals surface area contributed by atoms with Gasteiger partial charge in [0.25, 0.3) is 5.91 Å². The van der Waals surface area contributed by atoms with Gasteiger partial charge in [-0.05, 0) is 24.3 Å². The van der Waals surface area contributed by atoms with Crippen molar-refractivity contribution in [3.8, 4) is 5.75 Å². The number of para-hydroxylation sites is 1. The monoisotopic (exact) mass is 340 g/mol. The van der Waals surface area contributed by atoms with Crippen LogP contribution >= 0.6 is 11.6 Å². The Morgan fingerprint density at radius 3 is 2.96 bits per heavy atom. The first kappa shape index (κ1) is 15.1. The molecule has 2 aromatic carbocycles. The fraction of sp³-hybridized carbons (Fsp3) is 0.211. The lowest BCUT2D eigenvalue weighted by Crippen LogP contribution is -2.33. The second kappa shape index (κ2) is 5.87. The van der Waals surface area contributed by atoms with Crippen LogP contribution in [0.4, 0.5) is 0 Å². The number of fused-ring (bicyclic) bond motifs is 2. The zero-order chi connectivity index (χ0) is 16.7. The van der Waals surface area contributed by atoms with E-state index in [1.54, 1.807) is 0 Å². The molecule has 1 amide bonds. The number of carbonyl (C=O) groups is 1. The topological polar surface area (TPSA) is 43.3 Å². The van der Waals surface area contributed by atoms with Crippen molar-refractivity contribution >= 4 is 28.4 Å². The van der Waals surface area contributed by atoms with Gasteiger partial charge in [-0.2, -0.15) is 0 Å². The molecule has 4 nitrogen and oxygen atoms in total. The molecule has 1 aliphatic heterocycles. The van der Waals surface area contributed by atoms with Crippen molar-refractivity contribution in [3.63, 3.8) is 0 Å². The maximum Gasteiger partial charge on any atom is 0.268 e. The molecule has 5 heteroatoms. The number of hydrogen-bond donors (Lipinski definition) is 1. The third kappa shape index (κ3) is 2.53. The number of benzene rings is 2. The Bertz CT molecular complexity index is 932. The molecule has 1 N–H and O–H groups in total. The summed E-state index contributed by atoms with van der Waals surface area (Å²) in [7, 11) is 1.88. The number of carbonyl (C=O) groups excluding carboxylic acids is 1. The van der Waals surface area contributed by atoms with E-state index in [-0.39, 0.29) is 11.9 Å². The molecule has 122 valence electrons. The van der Waals surface area contributed by atoms with Crippen LogP contribution in [0, 0.1) is 0 Å². The molecule has 0 aliphatic carbocycles. The van der Waals surface area contributed by atoms with Gasteiger partial charge in [0.2, 0.25) is 0 Å². The number of nitrogens with zero attached hydrogens (tertiary/aromatic N) is 1. The molecule has 1 aliphatic rings. The van der Waals surface area contributed by atoms with Crippen LogP contribution in [0.5, 0.6) is 5.75 Å². The first-order valence-electron chi connectivity index (χ1n) is 7.91. The maximum absolute atomic E-state index is 12.8. The summed E-state index contributed by atoms with van der Waals surface area (Å²) in [6.45, 7) is 0.604. The number of aromatic nitrogens is 1. The highest BCUT2D eigenvalue weighted by Crippen LogP contribution is 2.32. The summed E-state index contributed by atoms with van der Waals surface area (Å²) in [5, 5.41) is 4.80. The third-order valence-electron chi connectivity index (χ3n) is 4.50. The van der Waals surface area contributed by atoms with Crippen molar-refractivity contribution < 1.29 is 9.53 Å². The van der Waals surface area contributed by atoms with E-state index >= 15 is 0 Å². The fourth-order valence-electron chi connectivity index (χ4n) is 3.25. The second-order valence-electron chi connectivity index (χ2n) is 5.99. The normalized spacial score (nSPS) is 16.5. The zero-order valence-corrected chi connectivity index (χ0v) is 14.0. The van der Waals surface area contributed by atoms with Crippen LogP contribution < -0.4 is 10.1 Å². The standard InChI is InChI=1S/C19H17ClN2O2/c1-22-16-11-13(20)7-6-12(16)10-17(22)19(23)21-15-8-9-24-18-5-3-2-4-14(15)18/h2-7,10-11,15H,8-9H2,1H3,(H,21,23)/t15-/m1/s1. The minimum Gasteiger partial charge on any atom is -0.493 e. The molecule has 3 aromatic rings. The summed E-state index contributed by atoms with van der Waals surface area (Å²) in [6.07, 6.45) is 0.762. The van der Waals surface area contributed by atoms with Gasteiger partial charge < -0.3 is 14.6 Å². The summed E-state index contributed by atoms with van der Waals surface area (Å²) in [4.78, 5) is 12.8. The predicted octanol–water partition coefficient (Wildman–Crippen LogP) is 4.09. The molecule has 0 radical (unpaired) electrons. The Labute approximate surface area is 145 Å². The van der Waals surface area contributed by atoms with Crippen LogP contribution in [0.25, 0.3) is 10.9 Å². The number of ether oxygens (including phenoxy) is 1. The number of nitrogens with one attached hydrogen (secondary N) is 1. The van der Waals surface area contributed by atoms with Crippen molar-refractivity contribution in [2.75, 3.05) is 6.61 Å². The number of amides is 1. The Balaban J connectivity index is 1.65. The number of halogens is 1. The molecule has 0 unspecified atom stereocenters. The van der Waals surface area contributed by atoms with Gasteiger partial charge in [-0.1, -0.05) is 35.9 Å². The van der Waals surface area contributed by atoms with E-state index in [9.17, 15) is 4.79 Å². The van der Waals surface area contributed by atoms with Crippen molar-refractivity contribution in [1.29, 1.82) is 0 Å². The first-order valence-corrected chi connectivity index (χ1v) is 8.29. The first-order chi connectivity index (χ1) is 11.6. The SMILES string of the molecule is Cn1c(C(=O)N[C@@H]2CCOc3ccccc32)cc2ccc(Cl)cc21. The second-order valence-corrected chi connectivity index (χ2v) is 6.43. The molecular formula is C19H17ClN2O2. The summed E-state index contributed by atoms with van der Waals surface area (Å²) >= 11 is 6.06. The fourth-order valence-corrected chi connectivity index (χ4v) is 3.41. The average Bonchev–Trinajstić information content (AvgIpc) is 2.92. The van der Waals surface area contributed by atoms with Gasteiger partial charge in [0.15, 0.2) is 0 Å². The van der Waals surface area contributed by atoms with Crippen LogP contribution in [-0.4, -0.2) is 17.1 Å². The molecule has 0 fully saturated rings. The average molecular weight is 341 g/mol. The minimum absolute atomic E-state index is 0.0379. The van der Waals surface area contributed by atoms with E-state index in [1.165, 1.54) is 0 Å². The maximum atomic E-state index is 12.8. The predicted molar refractivity (Wildman–Crippen MR) is 94.7 cm³/mol. The summed E-state index contributed by atoms with van der Waals surface area (Å²) in [6, 6.07) is 15.3. The minimum atomic E-state index is -0.0912. The molecule has 2 heterocycles. The van der Waals surface area contributed by atoms with Gasteiger partial charge in [-0.3, -0.25) is 4.79 Å². The largest absolute Gasteiger partial charge is 0.493 e. The smallest absolute Gasteiger partial charge is 0.268 e. The van der Waals surface area contributed by atoms with Gasteiger partial charge in [-0.25, -0.2) is 0 Å². The lowest BCUT2D eigenvalue weighted by atomic mass is 10.0. The van der Waals surface area contributed by atoms with E-state index in [2.05, 4.69) is 5.32 Å². The zero-order valence-electron chi connectivity index (χ0n) is 13.3. The summed E-state index contributed by atoms with van der Waals surface area (Å²) in [5.74, 6) is 0.754. The molecule has 0 saturated carbocycles. The Morgan fingerprint density at radius 1 is 1.25 bits per heavy atom. The van der Waals surface area contributed by atoms with Crippen molar-refractivity contribution in [2.45, 2.75) is 12.5 Å². The quantitative estimate of drug-likeness (QED) is 0.763. The van der Waals surface area contributed by atoms with E-state index in [4.69, 9.17) is 16.3 Å². The van der Waals surface area contributed by atoms with Gasteiger partial charge >= 0.3 is 0 Å². The lowest BCUT2D eigenvalue weighted by Gasteiger charge is -2.26. The van der Waals surface area contributed by atoms with Gasteiger partial charge in [0.05, 0.1) is 12.6 Å². The van der Waals surface area contributed by atoms with E-state index < -0.39 is 0 Å². The van der Waals surface area contributed by atoms with Crippen LogP contribution in [0.15, 0.2) is 48.5 Å². The van der Waals surface area contributed by atoms with Gasteiger partial charge in [-0.15, -0.1) is 0 Å². The molecular weight excluding hydrogens is 324 g/mol. The highest BCUT2D eigenvalue weighted by atomic mass is 35.5. The third-order valence-corrected chi connectivity index (χ3v) is 4.74. The molecule has 24 heavy (non-hydrogen) atoms. The van der Waals surface area contributed by atoms with E-state index in [0.29, 0.717) is 17.3 Å². The van der Waals surface area contributed by atoms with Crippen LogP contribution in [0.1, 0.15) is 28.5 Å². The molecule has 0 bridgehead atoms. The van der Waals surface area contributed by atoms with Crippen molar-refractivity contribution in [3.05, 3.63) is 64.8 Å². The highest BCUT2D eigenvalue weighted by Gasteiger charge is 2.24. The molecule has 1 atom stereocenters. The molecule has 0 saturated heterocycles. The van der Waals surface area contributed by atoms with E-state index in [1.807, 2.05) is 60.1 Å². The number of hydrogen-bond acceptors (Lipinski definition) is 2. The Morgan fingerprint density at radius 2 is 2.08 bits per heavy atom. The summed E-state index contributed by atoms with van der Waals surface area (Å²) in [5.41, 5.74) is 2.59. The van der Waals surface area contributed by atoms with Crippen LogP contribution in [0.2, 0.25) is 5.02 Å². The number of aryl methyl sites for hydroxylation is 1. The van der Waals surface area contributed by atoms with Crippen molar-refractivity contribution in [1.82, 2.24) is 9.88 Å². The summed E-state index contributed by atoms with van der Waals surface area (Å²) < 4.78 is 7.53. The van der Waals surface area contributed by atoms with Gasteiger partial charge in [0.1, 0.15) is 11.4 Å². The molecule has 0 spiro atoms. The van der Waals surface area contributed by atoms with Crippen molar-refractivity contribution in [2.24, 2.45) is 7.05 Å². The van der Waals surface area contributed by atoms with Crippen LogP contribution in [-0.2, 0) is 7.05 Å². The van der Waals surface area contributed by atoms with Crippen LogP contribution in [0.3, 0.4) is 0 Å². The number of rotatable bonds is 2. The Kier molecular flexibility index (Phi) is 3.69. The highest BCUT2D eigenvalue weighted by molar-refractivity contribution is 6.31. The van der Waals surface area contributed by atoms with E-state index in [0.717, 1.165) is 28.6 Å². The van der Waals surface area contributed by atoms with Gasteiger partial charge in [0, 0.05) is 35.0 Å². The lowest BCUT2D eigenvalue weighted by molar-refractivity contribution is 0.0917. The molecule has 4 rings (SSSR count).